The van der Waals surface area contributed by atoms with E-state index in [1.54, 1.807) is 0 Å². The van der Waals surface area contributed by atoms with E-state index in [1.807, 2.05) is 60.8 Å². The maximum atomic E-state index is 9.35. The van der Waals surface area contributed by atoms with Crippen LogP contribution >= 0.6 is 0 Å². The fraction of sp³-hybridized carbons (Fsp3) is 0. The molecule has 0 radical (unpaired) electrons. The Balaban J connectivity index is 1.25. The van der Waals surface area contributed by atoms with Crippen LogP contribution in [0.3, 0.4) is 0 Å². The molecule has 254 valence electrons. The Hall–Kier alpha value is -7.23. The van der Waals surface area contributed by atoms with Crippen molar-refractivity contribution in [2.75, 3.05) is 0 Å². The smallest absolute Gasteiger partial charge is 0.162 e. The second-order valence-electron chi connectivity index (χ2n) is 13.4. The van der Waals surface area contributed by atoms with Gasteiger partial charge in [0.05, 0.1) is 0 Å². The van der Waals surface area contributed by atoms with E-state index in [4.69, 9.17) is 9.98 Å². The second kappa shape index (κ2) is 14.4. The van der Waals surface area contributed by atoms with Crippen LogP contribution in [0.1, 0.15) is 16.7 Å². The molecule has 1 N–H and O–H groups in total. The Morgan fingerprint density at radius 2 is 0.963 bits per heavy atom. The molecule has 3 nitrogen and oxygen atoms in total. The topological polar surface area (TPSA) is 48.6 Å². The van der Waals surface area contributed by atoms with Gasteiger partial charge in [-0.15, -0.1) is 0 Å². The van der Waals surface area contributed by atoms with Crippen molar-refractivity contribution in [3.63, 3.8) is 0 Å². The third-order valence-corrected chi connectivity index (χ3v) is 10.1. The monoisotopic (exact) mass is 689 g/mol. The van der Waals surface area contributed by atoms with Gasteiger partial charge in [0.15, 0.2) is 11.7 Å². The van der Waals surface area contributed by atoms with E-state index in [0.29, 0.717) is 11.4 Å². The molecule has 3 heteroatoms. The number of nitrogens with one attached hydrogen (secondary N) is 1. The Labute approximate surface area is 314 Å². The van der Waals surface area contributed by atoms with Crippen molar-refractivity contribution >= 4 is 50.2 Å². The lowest BCUT2D eigenvalue weighted by Crippen LogP contribution is -2.07. The normalized spacial score (nSPS) is 11.8. The Morgan fingerprint density at radius 1 is 0.407 bits per heavy atom. The molecule has 9 aromatic carbocycles. The summed E-state index contributed by atoms with van der Waals surface area (Å²) in [7, 11) is 0. The van der Waals surface area contributed by atoms with E-state index in [-0.39, 0.29) is 5.84 Å². The van der Waals surface area contributed by atoms with Gasteiger partial charge in [-0.2, -0.15) is 0 Å². The molecular formula is C51H35N3. The minimum Gasteiger partial charge on any atom is -0.282 e. The molecule has 9 rings (SSSR count). The fourth-order valence-corrected chi connectivity index (χ4v) is 7.31. The second-order valence-corrected chi connectivity index (χ2v) is 13.4. The van der Waals surface area contributed by atoms with E-state index in [2.05, 4.69) is 146 Å². The van der Waals surface area contributed by atoms with E-state index in [9.17, 15) is 5.41 Å². The van der Waals surface area contributed by atoms with Gasteiger partial charge in [-0.1, -0.05) is 188 Å². The van der Waals surface area contributed by atoms with Gasteiger partial charge in [0.2, 0.25) is 0 Å². The first-order valence-electron chi connectivity index (χ1n) is 18.2. The molecule has 0 aromatic heterocycles. The average molecular weight is 690 g/mol. The van der Waals surface area contributed by atoms with Crippen molar-refractivity contribution in [1.82, 2.24) is 0 Å². The summed E-state index contributed by atoms with van der Waals surface area (Å²) < 4.78 is 0. The third-order valence-electron chi connectivity index (χ3n) is 10.1. The molecule has 0 aliphatic rings. The molecule has 54 heavy (non-hydrogen) atoms. The van der Waals surface area contributed by atoms with Crippen LogP contribution in [0.15, 0.2) is 210 Å². The van der Waals surface area contributed by atoms with Gasteiger partial charge in [-0.05, 0) is 77.8 Å². The molecule has 0 aliphatic carbocycles. The number of benzene rings is 9. The Bertz CT molecular complexity index is 2860. The van der Waals surface area contributed by atoms with Crippen LogP contribution in [0.4, 0.5) is 0 Å². The molecular weight excluding hydrogens is 655 g/mol. The van der Waals surface area contributed by atoms with E-state index < -0.39 is 0 Å². The number of fused-ring (bicyclic) bond motifs is 4. The van der Waals surface area contributed by atoms with Crippen LogP contribution < -0.4 is 0 Å². The number of hydrogen-bond donors (Lipinski definition) is 1. The average Bonchev–Trinajstić information content (AvgIpc) is 3.25. The predicted molar refractivity (Wildman–Crippen MR) is 229 cm³/mol. The summed E-state index contributed by atoms with van der Waals surface area (Å²) >= 11 is 0. The fourth-order valence-electron chi connectivity index (χ4n) is 7.31. The highest BCUT2D eigenvalue weighted by Crippen LogP contribution is 2.34. The number of rotatable bonds is 6. The van der Waals surface area contributed by atoms with Crippen molar-refractivity contribution in [2.45, 2.75) is 0 Å². The van der Waals surface area contributed by atoms with Gasteiger partial charge in [-0.3, -0.25) is 5.41 Å². The summed E-state index contributed by atoms with van der Waals surface area (Å²) in [5, 5.41) is 16.3. The van der Waals surface area contributed by atoms with Crippen LogP contribution in [0.2, 0.25) is 0 Å². The molecule has 0 fully saturated rings. The lowest BCUT2D eigenvalue weighted by Gasteiger charge is -2.14. The highest BCUT2D eigenvalue weighted by Gasteiger charge is 2.16. The molecule has 0 atom stereocenters. The molecule has 0 aliphatic heterocycles. The SMILES string of the molecule is N=C(N=C(N=Cc1c2ccccc2cc2c1ccc1ccccc12)c1cc(-c2ccccc2)ccc1-c1ccccc1)c1ccc(-c2ccccc2)cc1. The van der Waals surface area contributed by atoms with Crippen molar-refractivity contribution in [1.29, 1.82) is 5.41 Å². The summed E-state index contributed by atoms with van der Waals surface area (Å²) in [6.45, 7) is 0. The van der Waals surface area contributed by atoms with Gasteiger partial charge in [0, 0.05) is 22.9 Å². The summed E-state index contributed by atoms with van der Waals surface area (Å²) in [6.07, 6.45) is 1.95. The lowest BCUT2D eigenvalue weighted by molar-refractivity contribution is 1.39. The molecule has 0 heterocycles. The maximum absolute atomic E-state index is 9.35. The summed E-state index contributed by atoms with van der Waals surface area (Å²) in [4.78, 5) is 10.3. The van der Waals surface area contributed by atoms with Gasteiger partial charge in [0.1, 0.15) is 0 Å². The highest BCUT2D eigenvalue weighted by atomic mass is 14.9. The van der Waals surface area contributed by atoms with Crippen molar-refractivity contribution < 1.29 is 0 Å². The summed E-state index contributed by atoms with van der Waals surface area (Å²) in [6, 6.07) is 69.2. The Morgan fingerprint density at radius 3 is 1.67 bits per heavy atom. The zero-order valence-electron chi connectivity index (χ0n) is 29.5. The van der Waals surface area contributed by atoms with E-state index in [0.717, 1.165) is 60.7 Å². The van der Waals surface area contributed by atoms with Crippen molar-refractivity contribution in [2.24, 2.45) is 9.98 Å². The zero-order valence-corrected chi connectivity index (χ0v) is 29.5. The lowest BCUT2D eigenvalue weighted by atomic mass is 9.93. The predicted octanol–water partition coefficient (Wildman–Crippen LogP) is 13.0. The first-order valence-corrected chi connectivity index (χ1v) is 18.2. The molecule has 0 unspecified atom stereocenters. The van der Waals surface area contributed by atoms with E-state index in [1.165, 1.54) is 16.2 Å². The third kappa shape index (κ3) is 6.40. The summed E-state index contributed by atoms with van der Waals surface area (Å²) in [5.74, 6) is 0.602. The maximum Gasteiger partial charge on any atom is 0.162 e. The van der Waals surface area contributed by atoms with Gasteiger partial charge >= 0.3 is 0 Å². The van der Waals surface area contributed by atoms with E-state index >= 15 is 0 Å². The van der Waals surface area contributed by atoms with Gasteiger partial charge < -0.3 is 0 Å². The van der Waals surface area contributed by atoms with Crippen LogP contribution in [0, 0.1) is 5.41 Å². The Kier molecular flexibility index (Phi) is 8.72. The van der Waals surface area contributed by atoms with Crippen LogP contribution in [-0.2, 0) is 0 Å². The van der Waals surface area contributed by atoms with Crippen molar-refractivity contribution in [3.8, 4) is 33.4 Å². The molecule has 9 aromatic rings. The van der Waals surface area contributed by atoms with Crippen LogP contribution in [0.25, 0.3) is 65.7 Å². The standard InChI is InChI=1S/C51H35N3/c52-50(40-26-24-37(25-27-40)35-14-4-1-5-15-35)54-51(48-32-41(36-16-6-2-7-17-36)29-30-45(48)38-18-8-3-9-19-38)53-34-49-44-23-13-11-21-42(44)33-47-43-22-12-10-20-39(43)28-31-46(47)49/h1-34,52H. The minimum absolute atomic E-state index is 0.139. The molecule has 0 bridgehead atoms. The highest BCUT2D eigenvalue weighted by molar-refractivity contribution is 6.23. The first kappa shape index (κ1) is 32.7. The number of aliphatic imine (C=N–C) groups is 2. The largest absolute Gasteiger partial charge is 0.282 e. The van der Waals surface area contributed by atoms with Crippen LogP contribution in [0.5, 0.6) is 0 Å². The number of nitrogens with zero attached hydrogens (tertiary/aromatic N) is 2. The number of hydrogen-bond acceptors (Lipinski definition) is 1. The molecule has 0 spiro atoms. The van der Waals surface area contributed by atoms with Crippen LogP contribution in [-0.4, -0.2) is 17.9 Å². The minimum atomic E-state index is 0.139. The van der Waals surface area contributed by atoms with Crippen molar-refractivity contribution in [3.05, 3.63) is 217 Å². The molecule has 0 amide bonds. The first-order chi connectivity index (χ1) is 26.7. The summed E-state index contributed by atoms with van der Waals surface area (Å²) in [5.41, 5.74) is 8.98. The quantitative estimate of drug-likeness (QED) is 0.0782. The molecule has 0 saturated carbocycles. The molecule has 0 saturated heterocycles. The number of amidine groups is 2. The van der Waals surface area contributed by atoms with Gasteiger partial charge in [0.25, 0.3) is 0 Å². The van der Waals surface area contributed by atoms with Gasteiger partial charge in [-0.25, -0.2) is 9.98 Å². The zero-order chi connectivity index (χ0) is 36.3.